The van der Waals surface area contributed by atoms with Gasteiger partial charge < -0.3 is 10.6 Å². The van der Waals surface area contributed by atoms with E-state index in [2.05, 4.69) is 16.7 Å². The Kier molecular flexibility index (Phi) is 4.80. The van der Waals surface area contributed by atoms with E-state index in [1.807, 2.05) is 25.1 Å². The maximum atomic E-state index is 12.5. The molecule has 132 valence electrons. The third-order valence-corrected chi connectivity index (χ3v) is 6.52. The minimum atomic E-state index is 0.0153. The smallest absolute Gasteiger partial charge is 0.229 e. The molecule has 4 nitrogen and oxygen atoms in total. The van der Waals surface area contributed by atoms with Crippen molar-refractivity contribution >= 4 is 34.0 Å². The molecule has 2 heterocycles. The Morgan fingerprint density at radius 2 is 2.16 bits per heavy atom. The number of aromatic nitrogens is 1. The molecule has 1 aromatic heterocycles. The number of hydrogen-bond acceptors (Lipinski definition) is 4. The number of nitrogens with one attached hydrogen (secondary N) is 2. The van der Waals surface area contributed by atoms with E-state index in [1.54, 1.807) is 11.3 Å². The molecule has 0 radical (unpaired) electrons. The van der Waals surface area contributed by atoms with Gasteiger partial charge in [-0.1, -0.05) is 36.7 Å². The minimum Gasteiger partial charge on any atom is -0.316 e. The van der Waals surface area contributed by atoms with Crippen LogP contribution in [0.3, 0.4) is 0 Å². The summed E-state index contributed by atoms with van der Waals surface area (Å²) < 4.78 is 0. The van der Waals surface area contributed by atoms with Crippen molar-refractivity contribution in [3.8, 4) is 0 Å². The number of thiazole rings is 1. The Labute approximate surface area is 157 Å². The molecule has 1 atom stereocenters. The molecule has 1 amide bonds. The summed E-state index contributed by atoms with van der Waals surface area (Å²) in [5.41, 5.74) is 2.26. The van der Waals surface area contributed by atoms with E-state index in [4.69, 9.17) is 16.6 Å². The molecule has 0 spiro atoms. The standard InChI is InChI=1S/C19H22ClN3OS/c1-11(14-9-21-10-14)18(24)23-19-22-17(12-6-7-12)16(25-19)8-13-4-2-3-5-15(13)20/h2-5,11-12,14,21H,6-10H2,1H3,(H,22,23,24). The lowest BCUT2D eigenvalue weighted by atomic mass is 9.88. The van der Waals surface area contributed by atoms with Gasteiger partial charge in [-0.05, 0) is 43.5 Å². The van der Waals surface area contributed by atoms with E-state index in [0.29, 0.717) is 11.8 Å². The highest BCUT2D eigenvalue weighted by molar-refractivity contribution is 7.15. The maximum Gasteiger partial charge on any atom is 0.229 e. The maximum absolute atomic E-state index is 12.5. The van der Waals surface area contributed by atoms with Gasteiger partial charge in [-0.3, -0.25) is 4.79 Å². The van der Waals surface area contributed by atoms with Crippen LogP contribution in [0.25, 0.3) is 0 Å². The largest absolute Gasteiger partial charge is 0.316 e. The van der Waals surface area contributed by atoms with Crippen LogP contribution < -0.4 is 10.6 Å². The second kappa shape index (κ2) is 7.06. The van der Waals surface area contributed by atoms with Crippen LogP contribution >= 0.6 is 22.9 Å². The summed E-state index contributed by atoms with van der Waals surface area (Å²) in [4.78, 5) is 18.4. The minimum absolute atomic E-state index is 0.0153. The summed E-state index contributed by atoms with van der Waals surface area (Å²) in [6.07, 6.45) is 3.16. The molecule has 1 saturated carbocycles. The van der Waals surface area contributed by atoms with Crippen molar-refractivity contribution in [2.45, 2.75) is 32.1 Å². The van der Waals surface area contributed by atoms with E-state index in [0.717, 1.165) is 40.9 Å². The topological polar surface area (TPSA) is 54.0 Å². The molecule has 2 aliphatic rings. The van der Waals surface area contributed by atoms with E-state index < -0.39 is 0 Å². The third-order valence-electron chi connectivity index (χ3n) is 5.16. The molecule has 4 rings (SSSR count). The predicted octanol–water partition coefficient (Wildman–Crippen LogP) is 4.06. The average molecular weight is 376 g/mol. The van der Waals surface area contributed by atoms with Crippen molar-refractivity contribution in [1.29, 1.82) is 0 Å². The van der Waals surface area contributed by atoms with Crippen molar-refractivity contribution < 1.29 is 4.79 Å². The lowest BCUT2D eigenvalue weighted by Crippen LogP contribution is -2.48. The molecule has 1 aromatic carbocycles. The number of hydrogen-bond donors (Lipinski definition) is 2. The second-order valence-electron chi connectivity index (χ2n) is 7.07. The first-order chi connectivity index (χ1) is 12.1. The van der Waals surface area contributed by atoms with E-state index in [-0.39, 0.29) is 11.8 Å². The van der Waals surface area contributed by atoms with Gasteiger partial charge in [0.15, 0.2) is 5.13 Å². The number of amides is 1. The predicted molar refractivity (Wildman–Crippen MR) is 103 cm³/mol. The van der Waals surface area contributed by atoms with Crippen LogP contribution in [0.15, 0.2) is 24.3 Å². The van der Waals surface area contributed by atoms with Crippen molar-refractivity contribution in [3.05, 3.63) is 45.4 Å². The molecule has 25 heavy (non-hydrogen) atoms. The fraction of sp³-hybridized carbons (Fsp3) is 0.474. The number of halogens is 1. The van der Waals surface area contributed by atoms with Gasteiger partial charge in [0.1, 0.15) is 0 Å². The van der Waals surface area contributed by atoms with Crippen molar-refractivity contribution in [2.75, 3.05) is 18.4 Å². The van der Waals surface area contributed by atoms with Crippen molar-refractivity contribution in [1.82, 2.24) is 10.3 Å². The lowest BCUT2D eigenvalue weighted by molar-refractivity contribution is -0.121. The first kappa shape index (κ1) is 17.0. The van der Waals surface area contributed by atoms with Crippen LogP contribution in [0.2, 0.25) is 5.02 Å². The molecule has 0 bridgehead atoms. The van der Waals surface area contributed by atoms with E-state index in [1.165, 1.54) is 17.7 Å². The summed E-state index contributed by atoms with van der Waals surface area (Å²) in [6, 6.07) is 7.94. The van der Waals surface area contributed by atoms with Gasteiger partial charge in [-0.2, -0.15) is 0 Å². The molecular weight excluding hydrogens is 354 g/mol. The summed E-state index contributed by atoms with van der Waals surface area (Å²) >= 11 is 7.92. The van der Waals surface area contributed by atoms with Gasteiger partial charge in [0, 0.05) is 28.2 Å². The fourth-order valence-corrected chi connectivity index (χ4v) is 4.41. The molecule has 1 saturated heterocycles. The molecule has 1 aliphatic heterocycles. The zero-order valence-corrected chi connectivity index (χ0v) is 15.8. The highest BCUT2D eigenvalue weighted by Crippen LogP contribution is 2.44. The van der Waals surface area contributed by atoms with Gasteiger partial charge in [-0.15, -0.1) is 11.3 Å². The van der Waals surface area contributed by atoms with Gasteiger partial charge >= 0.3 is 0 Å². The lowest BCUT2D eigenvalue weighted by Gasteiger charge is -2.31. The third kappa shape index (κ3) is 3.73. The number of anilines is 1. The summed E-state index contributed by atoms with van der Waals surface area (Å²) in [6.45, 7) is 3.86. The van der Waals surface area contributed by atoms with Gasteiger partial charge in [-0.25, -0.2) is 4.98 Å². The Morgan fingerprint density at radius 3 is 2.80 bits per heavy atom. The Hall–Kier alpha value is -1.43. The van der Waals surface area contributed by atoms with E-state index in [9.17, 15) is 4.79 Å². The number of carbonyl (C=O) groups is 1. The number of carbonyl (C=O) groups excluding carboxylic acids is 1. The number of rotatable bonds is 6. The first-order valence-electron chi connectivity index (χ1n) is 8.86. The van der Waals surface area contributed by atoms with Gasteiger partial charge in [0.2, 0.25) is 5.91 Å². The summed E-state index contributed by atoms with van der Waals surface area (Å²) in [7, 11) is 0. The molecule has 1 unspecified atom stereocenters. The van der Waals surface area contributed by atoms with Crippen LogP contribution in [0, 0.1) is 11.8 Å². The SMILES string of the molecule is CC(C(=O)Nc1nc(C2CC2)c(Cc2ccccc2Cl)s1)C1CNC1. The monoisotopic (exact) mass is 375 g/mol. The normalized spacial score (nSPS) is 18.6. The summed E-state index contributed by atoms with van der Waals surface area (Å²) in [5, 5.41) is 7.78. The molecule has 2 fully saturated rings. The quantitative estimate of drug-likeness (QED) is 0.800. The zero-order chi connectivity index (χ0) is 17.4. The average Bonchev–Trinajstić information content (AvgIpc) is 3.31. The number of nitrogens with zero attached hydrogens (tertiary/aromatic N) is 1. The Bertz CT molecular complexity index is 783. The van der Waals surface area contributed by atoms with Crippen LogP contribution in [-0.2, 0) is 11.2 Å². The Morgan fingerprint density at radius 1 is 1.40 bits per heavy atom. The molecule has 2 aromatic rings. The van der Waals surface area contributed by atoms with Crippen molar-refractivity contribution in [2.24, 2.45) is 11.8 Å². The van der Waals surface area contributed by atoms with Crippen LogP contribution in [0.4, 0.5) is 5.13 Å². The van der Waals surface area contributed by atoms with Crippen molar-refractivity contribution in [3.63, 3.8) is 0 Å². The van der Waals surface area contributed by atoms with Gasteiger partial charge in [0.05, 0.1) is 5.69 Å². The zero-order valence-electron chi connectivity index (χ0n) is 14.2. The first-order valence-corrected chi connectivity index (χ1v) is 10.1. The second-order valence-corrected chi connectivity index (χ2v) is 8.56. The number of benzene rings is 1. The van der Waals surface area contributed by atoms with Crippen LogP contribution in [0.1, 0.15) is 41.8 Å². The molecule has 6 heteroatoms. The highest BCUT2D eigenvalue weighted by Gasteiger charge is 2.32. The van der Waals surface area contributed by atoms with E-state index >= 15 is 0 Å². The molecular formula is C19H22ClN3OS. The van der Waals surface area contributed by atoms with Gasteiger partial charge in [0.25, 0.3) is 0 Å². The molecule has 1 aliphatic carbocycles. The molecule has 2 N–H and O–H groups in total. The van der Waals surface area contributed by atoms with Crippen LogP contribution in [0.5, 0.6) is 0 Å². The summed E-state index contributed by atoms with van der Waals surface area (Å²) in [5.74, 6) is 1.08. The Balaban J connectivity index is 1.52. The highest BCUT2D eigenvalue weighted by atomic mass is 35.5. The van der Waals surface area contributed by atoms with Crippen LogP contribution in [-0.4, -0.2) is 24.0 Å². The fourth-order valence-electron chi connectivity index (χ4n) is 3.13.